The van der Waals surface area contributed by atoms with Crippen molar-refractivity contribution in [1.29, 1.82) is 0 Å². The van der Waals surface area contributed by atoms with Gasteiger partial charge < -0.3 is 14.8 Å². The largest absolute Gasteiger partial charge is 0.475 e. The van der Waals surface area contributed by atoms with Gasteiger partial charge in [0.15, 0.2) is 0 Å². The highest BCUT2D eigenvalue weighted by Crippen LogP contribution is 2.42. The first-order valence-corrected chi connectivity index (χ1v) is 7.95. The van der Waals surface area contributed by atoms with Crippen LogP contribution in [-0.4, -0.2) is 17.6 Å². The van der Waals surface area contributed by atoms with E-state index in [-0.39, 0.29) is 5.76 Å². The van der Waals surface area contributed by atoms with Crippen molar-refractivity contribution in [3.05, 3.63) is 23.2 Å². The molecule has 1 aromatic rings. The molecule has 4 heteroatoms. The van der Waals surface area contributed by atoms with Crippen molar-refractivity contribution in [2.45, 2.75) is 59.4 Å². The van der Waals surface area contributed by atoms with E-state index >= 15 is 0 Å². The Morgan fingerprint density at radius 2 is 2.10 bits per heavy atom. The fourth-order valence-electron chi connectivity index (χ4n) is 3.71. The second-order valence-corrected chi connectivity index (χ2v) is 6.91. The molecule has 0 amide bonds. The van der Waals surface area contributed by atoms with Crippen molar-refractivity contribution in [1.82, 2.24) is 5.32 Å². The van der Waals surface area contributed by atoms with Gasteiger partial charge in [0.2, 0.25) is 5.76 Å². The van der Waals surface area contributed by atoms with E-state index in [2.05, 4.69) is 19.2 Å². The summed E-state index contributed by atoms with van der Waals surface area (Å²) < 4.78 is 5.25. The number of rotatable bonds is 7. The molecule has 0 spiro atoms. The van der Waals surface area contributed by atoms with Gasteiger partial charge in [0.25, 0.3) is 0 Å². The highest BCUT2D eigenvalue weighted by Gasteiger charge is 2.33. The molecule has 0 radical (unpaired) electrons. The summed E-state index contributed by atoms with van der Waals surface area (Å²) in [7, 11) is 0. The number of furan rings is 1. The Bertz CT molecular complexity index is 484. The molecule has 1 aliphatic rings. The Labute approximate surface area is 126 Å². The minimum atomic E-state index is -1.00. The average Bonchev–Trinajstić information content (AvgIpc) is 2.97. The molecule has 2 rings (SSSR count). The predicted octanol–water partition coefficient (Wildman–Crippen LogP) is 3.98. The molecule has 0 aromatic carbocycles. The minimum absolute atomic E-state index is 0.0297. The lowest BCUT2D eigenvalue weighted by atomic mass is 9.78. The van der Waals surface area contributed by atoms with E-state index in [1.165, 1.54) is 32.1 Å². The Hall–Kier alpha value is -1.29. The highest BCUT2D eigenvalue weighted by molar-refractivity contribution is 5.84. The standard InChI is InChI=1S/C17H27NO3/c1-12(2)9-17(6-4-5-7-17)11-18-10-14-8-15(16(19)20)21-13(14)3/h8,12,18H,4-7,9-11H2,1-3H3,(H,19,20). The Balaban J connectivity index is 1.92. The Kier molecular flexibility index (Phi) is 5.09. The molecule has 1 aliphatic carbocycles. The number of nitrogens with one attached hydrogen (secondary N) is 1. The molecule has 1 fully saturated rings. The van der Waals surface area contributed by atoms with Crippen LogP contribution < -0.4 is 5.32 Å². The number of carbonyl (C=O) groups is 1. The normalized spacial score (nSPS) is 17.5. The van der Waals surface area contributed by atoms with Gasteiger partial charge in [0, 0.05) is 18.7 Å². The highest BCUT2D eigenvalue weighted by atomic mass is 16.4. The fraction of sp³-hybridized carbons (Fsp3) is 0.706. The van der Waals surface area contributed by atoms with Gasteiger partial charge in [-0.1, -0.05) is 26.7 Å². The van der Waals surface area contributed by atoms with Gasteiger partial charge in [-0.3, -0.25) is 0 Å². The van der Waals surface area contributed by atoms with E-state index in [9.17, 15) is 4.79 Å². The summed E-state index contributed by atoms with van der Waals surface area (Å²) in [4.78, 5) is 10.9. The lowest BCUT2D eigenvalue weighted by Crippen LogP contribution is -2.33. The molecule has 4 nitrogen and oxygen atoms in total. The van der Waals surface area contributed by atoms with Crippen molar-refractivity contribution in [3.63, 3.8) is 0 Å². The van der Waals surface area contributed by atoms with Crippen molar-refractivity contribution >= 4 is 5.97 Å². The van der Waals surface area contributed by atoms with Gasteiger partial charge in [-0.2, -0.15) is 0 Å². The number of carboxylic acids is 1. The molecule has 1 aromatic heterocycles. The summed E-state index contributed by atoms with van der Waals surface area (Å²) in [5.41, 5.74) is 1.38. The van der Waals surface area contributed by atoms with Gasteiger partial charge in [0.05, 0.1) is 0 Å². The molecular formula is C17H27NO3. The van der Waals surface area contributed by atoms with Crippen LogP contribution in [0.2, 0.25) is 0 Å². The molecular weight excluding hydrogens is 266 g/mol. The van der Waals surface area contributed by atoms with Crippen LogP contribution in [0.3, 0.4) is 0 Å². The maximum Gasteiger partial charge on any atom is 0.371 e. The smallest absolute Gasteiger partial charge is 0.371 e. The third kappa shape index (κ3) is 4.10. The van der Waals surface area contributed by atoms with Crippen LogP contribution in [0.25, 0.3) is 0 Å². The molecule has 1 saturated carbocycles. The molecule has 0 saturated heterocycles. The molecule has 0 aliphatic heterocycles. The third-order valence-electron chi connectivity index (χ3n) is 4.55. The maximum atomic E-state index is 10.9. The summed E-state index contributed by atoms with van der Waals surface area (Å²) >= 11 is 0. The number of aromatic carboxylic acids is 1. The van der Waals surface area contributed by atoms with Crippen LogP contribution in [0.15, 0.2) is 10.5 Å². The minimum Gasteiger partial charge on any atom is -0.475 e. The molecule has 118 valence electrons. The van der Waals surface area contributed by atoms with Crippen molar-refractivity contribution in [3.8, 4) is 0 Å². The van der Waals surface area contributed by atoms with Crippen molar-refractivity contribution in [2.24, 2.45) is 11.3 Å². The lowest BCUT2D eigenvalue weighted by molar-refractivity contribution is 0.0661. The summed E-state index contributed by atoms with van der Waals surface area (Å²) in [6, 6.07) is 1.63. The van der Waals surface area contributed by atoms with Gasteiger partial charge in [-0.05, 0) is 43.6 Å². The van der Waals surface area contributed by atoms with Crippen LogP contribution in [0.5, 0.6) is 0 Å². The van der Waals surface area contributed by atoms with E-state index in [0.717, 1.165) is 18.0 Å². The molecule has 0 atom stereocenters. The second kappa shape index (κ2) is 6.65. The molecule has 21 heavy (non-hydrogen) atoms. The molecule has 2 N–H and O–H groups in total. The number of carboxylic acid groups (broad SMARTS) is 1. The first kappa shape index (κ1) is 16.1. The molecule has 0 bridgehead atoms. The zero-order valence-electron chi connectivity index (χ0n) is 13.4. The number of hydrogen-bond acceptors (Lipinski definition) is 3. The maximum absolute atomic E-state index is 10.9. The lowest BCUT2D eigenvalue weighted by Gasteiger charge is -2.31. The quantitative estimate of drug-likeness (QED) is 0.798. The second-order valence-electron chi connectivity index (χ2n) is 6.91. The SMILES string of the molecule is Cc1oc(C(=O)O)cc1CNCC1(CC(C)C)CCCC1. The zero-order chi connectivity index (χ0) is 15.5. The predicted molar refractivity (Wildman–Crippen MR) is 82.5 cm³/mol. The van der Waals surface area contributed by atoms with E-state index in [1.54, 1.807) is 6.07 Å². The van der Waals surface area contributed by atoms with Crippen LogP contribution in [0, 0.1) is 18.3 Å². The van der Waals surface area contributed by atoms with Crippen LogP contribution in [-0.2, 0) is 6.54 Å². The topological polar surface area (TPSA) is 62.5 Å². The Morgan fingerprint density at radius 3 is 2.62 bits per heavy atom. The number of hydrogen-bond donors (Lipinski definition) is 2. The van der Waals surface area contributed by atoms with Crippen LogP contribution in [0.1, 0.15) is 67.8 Å². The van der Waals surface area contributed by atoms with E-state index in [4.69, 9.17) is 9.52 Å². The van der Waals surface area contributed by atoms with Crippen LogP contribution >= 0.6 is 0 Å². The zero-order valence-corrected chi connectivity index (χ0v) is 13.4. The van der Waals surface area contributed by atoms with Crippen molar-refractivity contribution < 1.29 is 14.3 Å². The van der Waals surface area contributed by atoms with E-state index < -0.39 is 5.97 Å². The molecule has 1 heterocycles. The summed E-state index contributed by atoms with van der Waals surface area (Å²) in [5.74, 6) is 0.446. The first-order valence-electron chi connectivity index (χ1n) is 7.95. The fourth-order valence-corrected chi connectivity index (χ4v) is 3.71. The van der Waals surface area contributed by atoms with E-state index in [1.807, 2.05) is 6.92 Å². The molecule has 0 unspecified atom stereocenters. The van der Waals surface area contributed by atoms with Crippen LogP contribution in [0.4, 0.5) is 0 Å². The van der Waals surface area contributed by atoms with Crippen molar-refractivity contribution in [2.75, 3.05) is 6.54 Å². The van der Waals surface area contributed by atoms with Gasteiger partial charge in [-0.25, -0.2) is 4.79 Å². The number of aryl methyl sites for hydroxylation is 1. The van der Waals surface area contributed by atoms with Gasteiger partial charge >= 0.3 is 5.97 Å². The summed E-state index contributed by atoms with van der Waals surface area (Å²) in [6.07, 6.45) is 6.56. The van der Waals surface area contributed by atoms with E-state index in [0.29, 0.717) is 17.7 Å². The summed E-state index contributed by atoms with van der Waals surface area (Å²) in [6.45, 7) is 8.10. The average molecular weight is 293 g/mol. The Morgan fingerprint density at radius 1 is 1.43 bits per heavy atom. The third-order valence-corrected chi connectivity index (χ3v) is 4.55. The monoisotopic (exact) mass is 293 g/mol. The summed E-state index contributed by atoms with van der Waals surface area (Å²) in [5, 5.41) is 12.5. The van der Waals surface area contributed by atoms with Gasteiger partial charge in [0.1, 0.15) is 5.76 Å². The van der Waals surface area contributed by atoms with Gasteiger partial charge in [-0.15, -0.1) is 0 Å². The first-order chi connectivity index (χ1) is 9.92.